The molecular formula is C16H14N2O4S. The van der Waals surface area contributed by atoms with Crippen LogP contribution in [-0.4, -0.2) is 25.1 Å². The van der Waals surface area contributed by atoms with Crippen LogP contribution >= 0.6 is 0 Å². The normalized spacial score (nSPS) is 11.3. The Balaban J connectivity index is 2.10. The molecule has 0 spiro atoms. The van der Waals surface area contributed by atoms with Crippen molar-refractivity contribution in [1.29, 1.82) is 0 Å². The Morgan fingerprint density at radius 2 is 1.78 bits per heavy atom. The first kappa shape index (κ1) is 16.6. The summed E-state index contributed by atoms with van der Waals surface area (Å²) in [5.74, 6) is -0.956. The SMILES string of the molecule is CC(=O)c1ccc(S(=O)(=O)NC(=O)C=Cc2ccccn2)cc1. The number of hydrogen-bond donors (Lipinski definition) is 1. The van der Waals surface area contributed by atoms with Crippen molar-refractivity contribution in [2.45, 2.75) is 11.8 Å². The van der Waals surface area contributed by atoms with Gasteiger partial charge in [-0.25, -0.2) is 13.1 Å². The summed E-state index contributed by atoms with van der Waals surface area (Å²) >= 11 is 0. The van der Waals surface area contributed by atoms with Gasteiger partial charge < -0.3 is 0 Å². The number of carbonyl (C=O) groups excluding carboxylic acids is 2. The number of rotatable bonds is 5. The summed E-state index contributed by atoms with van der Waals surface area (Å²) in [6.07, 6.45) is 4.05. The fraction of sp³-hybridized carbons (Fsp3) is 0.0625. The zero-order valence-corrected chi connectivity index (χ0v) is 13.1. The van der Waals surface area contributed by atoms with Gasteiger partial charge in [-0.15, -0.1) is 0 Å². The lowest BCUT2D eigenvalue weighted by Crippen LogP contribution is -2.29. The van der Waals surface area contributed by atoms with E-state index in [1.54, 1.807) is 24.4 Å². The molecular weight excluding hydrogens is 316 g/mol. The van der Waals surface area contributed by atoms with Gasteiger partial charge in [0.05, 0.1) is 10.6 Å². The van der Waals surface area contributed by atoms with E-state index >= 15 is 0 Å². The van der Waals surface area contributed by atoms with Crippen LogP contribution in [0.25, 0.3) is 6.08 Å². The molecule has 1 aromatic carbocycles. The molecule has 0 saturated carbocycles. The average molecular weight is 330 g/mol. The number of benzene rings is 1. The van der Waals surface area contributed by atoms with Gasteiger partial charge in [0.1, 0.15) is 0 Å². The van der Waals surface area contributed by atoms with Crippen molar-refractivity contribution < 1.29 is 18.0 Å². The number of nitrogens with one attached hydrogen (secondary N) is 1. The molecule has 2 aromatic rings. The van der Waals surface area contributed by atoms with Crippen molar-refractivity contribution in [3.8, 4) is 0 Å². The van der Waals surface area contributed by atoms with Gasteiger partial charge in [0.25, 0.3) is 15.9 Å². The Labute approximate surface area is 133 Å². The van der Waals surface area contributed by atoms with Gasteiger partial charge in [-0.2, -0.15) is 0 Å². The summed E-state index contributed by atoms with van der Waals surface area (Å²) in [5.41, 5.74) is 0.927. The molecule has 1 N–H and O–H groups in total. The third-order valence-corrected chi connectivity index (χ3v) is 4.26. The molecule has 118 valence electrons. The number of hydrogen-bond acceptors (Lipinski definition) is 5. The van der Waals surface area contributed by atoms with Crippen LogP contribution in [0.3, 0.4) is 0 Å². The first-order valence-electron chi connectivity index (χ1n) is 6.65. The third-order valence-electron chi connectivity index (χ3n) is 2.90. The number of amides is 1. The molecule has 0 aliphatic heterocycles. The van der Waals surface area contributed by atoms with E-state index in [9.17, 15) is 18.0 Å². The molecule has 1 amide bonds. The molecule has 1 aromatic heterocycles. The van der Waals surface area contributed by atoms with Crippen LogP contribution in [0.15, 0.2) is 59.6 Å². The van der Waals surface area contributed by atoms with Crippen LogP contribution in [0.2, 0.25) is 0 Å². The first-order chi connectivity index (χ1) is 10.9. The van der Waals surface area contributed by atoms with Crippen LogP contribution in [0.4, 0.5) is 0 Å². The summed E-state index contributed by atoms with van der Waals surface area (Å²) in [5, 5.41) is 0. The van der Waals surface area contributed by atoms with Crippen LogP contribution in [0.1, 0.15) is 23.0 Å². The standard InChI is InChI=1S/C16H14N2O4S/c1-12(19)13-5-8-15(9-6-13)23(21,22)18-16(20)10-7-14-4-2-3-11-17-14/h2-11H,1H3,(H,18,20). The lowest BCUT2D eigenvalue weighted by Gasteiger charge is -2.05. The zero-order valence-electron chi connectivity index (χ0n) is 12.3. The van der Waals surface area contributed by atoms with E-state index in [1.807, 2.05) is 4.72 Å². The second kappa shape index (κ2) is 6.97. The van der Waals surface area contributed by atoms with E-state index in [1.165, 1.54) is 37.3 Å². The summed E-state index contributed by atoms with van der Waals surface area (Å²) in [4.78, 5) is 26.8. The summed E-state index contributed by atoms with van der Waals surface area (Å²) in [7, 11) is -3.99. The van der Waals surface area contributed by atoms with Gasteiger partial charge in [-0.05, 0) is 37.3 Å². The first-order valence-corrected chi connectivity index (χ1v) is 8.14. The van der Waals surface area contributed by atoms with Gasteiger partial charge in [0.2, 0.25) is 0 Å². The molecule has 0 bridgehead atoms. The van der Waals surface area contributed by atoms with E-state index in [2.05, 4.69) is 4.98 Å². The van der Waals surface area contributed by atoms with Crippen molar-refractivity contribution in [3.05, 3.63) is 66.0 Å². The molecule has 6 nitrogen and oxygen atoms in total. The van der Waals surface area contributed by atoms with Crippen molar-refractivity contribution in [2.75, 3.05) is 0 Å². The van der Waals surface area contributed by atoms with E-state index in [4.69, 9.17) is 0 Å². The van der Waals surface area contributed by atoms with Gasteiger partial charge in [-0.3, -0.25) is 14.6 Å². The Bertz CT molecular complexity index is 841. The fourth-order valence-electron chi connectivity index (χ4n) is 1.73. The monoisotopic (exact) mass is 330 g/mol. The third kappa shape index (κ3) is 4.58. The van der Waals surface area contributed by atoms with Crippen LogP contribution < -0.4 is 4.72 Å². The molecule has 0 atom stereocenters. The molecule has 23 heavy (non-hydrogen) atoms. The molecule has 0 fully saturated rings. The van der Waals surface area contributed by atoms with Crippen molar-refractivity contribution >= 4 is 27.8 Å². The summed E-state index contributed by atoms with van der Waals surface area (Å²) in [6, 6.07) is 10.5. The number of sulfonamides is 1. The maximum atomic E-state index is 12.1. The minimum atomic E-state index is -3.99. The Morgan fingerprint density at radius 1 is 1.09 bits per heavy atom. The molecule has 0 aliphatic carbocycles. The topological polar surface area (TPSA) is 93.2 Å². The molecule has 0 aliphatic rings. The Kier molecular flexibility index (Phi) is 5.02. The summed E-state index contributed by atoms with van der Waals surface area (Å²) in [6.45, 7) is 1.38. The molecule has 1 heterocycles. The molecule has 0 radical (unpaired) electrons. The number of carbonyl (C=O) groups is 2. The Hall–Kier alpha value is -2.80. The predicted octanol–water partition coefficient (Wildman–Crippen LogP) is 1.80. The zero-order chi connectivity index (χ0) is 16.9. The lowest BCUT2D eigenvalue weighted by molar-refractivity contribution is -0.114. The molecule has 0 saturated heterocycles. The van der Waals surface area contributed by atoms with E-state index < -0.39 is 15.9 Å². The largest absolute Gasteiger partial charge is 0.295 e. The van der Waals surface area contributed by atoms with E-state index in [0.29, 0.717) is 11.3 Å². The molecule has 2 rings (SSSR count). The van der Waals surface area contributed by atoms with Crippen molar-refractivity contribution in [3.63, 3.8) is 0 Å². The van der Waals surface area contributed by atoms with Crippen LogP contribution in [0.5, 0.6) is 0 Å². The van der Waals surface area contributed by atoms with E-state index in [-0.39, 0.29) is 10.7 Å². The highest BCUT2D eigenvalue weighted by atomic mass is 32.2. The minimum absolute atomic E-state index is 0.0953. The summed E-state index contributed by atoms with van der Waals surface area (Å²) < 4.78 is 26.1. The highest BCUT2D eigenvalue weighted by Gasteiger charge is 2.16. The smallest absolute Gasteiger partial charge is 0.264 e. The number of Topliss-reactive ketones (excluding diaryl/α,β-unsaturated/α-hetero) is 1. The fourth-order valence-corrected chi connectivity index (χ4v) is 2.67. The predicted molar refractivity (Wildman–Crippen MR) is 85.0 cm³/mol. The lowest BCUT2D eigenvalue weighted by atomic mass is 10.2. The second-order valence-electron chi connectivity index (χ2n) is 4.64. The average Bonchev–Trinajstić information content (AvgIpc) is 2.53. The highest BCUT2D eigenvalue weighted by Crippen LogP contribution is 2.11. The van der Waals surface area contributed by atoms with Crippen LogP contribution in [-0.2, 0) is 14.8 Å². The van der Waals surface area contributed by atoms with Crippen LogP contribution in [0, 0.1) is 0 Å². The van der Waals surface area contributed by atoms with Gasteiger partial charge in [0, 0.05) is 17.8 Å². The second-order valence-corrected chi connectivity index (χ2v) is 6.32. The number of nitrogens with zero attached hydrogens (tertiary/aromatic N) is 1. The minimum Gasteiger partial charge on any atom is -0.295 e. The quantitative estimate of drug-likeness (QED) is 0.666. The van der Waals surface area contributed by atoms with Gasteiger partial charge in [-0.1, -0.05) is 18.2 Å². The van der Waals surface area contributed by atoms with Gasteiger partial charge >= 0.3 is 0 Å². The molecule has 0 unspecified atom stereocenters. The number of pyridine rings is 1. The van der Waals surface area contributed by atoms with Crippen molar-refractivity contribution in [1.82, 2.24) is 9.71 Å². The Morgan fingerprint density at radius 3 is 2.35 bits per heavy atom. The highest BCUT2D eigenvalue weighted by molar-refractivity contribution is 7.90. The molecule has 7 heteroatoms. The van der Waals surface area contributed by atoms with Crippen molar-refractivity contribution in [2.24, 2.45) is 0 Å². The maximum Gasteiger partial charge on any atom is 0.264 e. The maximum absolute atomic E-state index is 12.1. The van der Waals surface area contributed by atoms with Gasteiger partial charge in [0.15, 0.2) is 5.78 Å². The number of ketones is 1. The van der Waals surface area contributed by atoms with E-state index in [0.717, 1.165) is 6.08 Å². The number of aromatic nitrogens is 1.